The Morgan fingerprint density at radius 3 is 2.76 bits per heavy atom. The number of carbonyl (C=O) groups excluding carboxylic acids is 2. The van der Waals surface area contributed by atoms with Crippen LogP contribution in [0.2, 0.25) is 0 Å². The zero-order valence-corrected chi connectivity index (χ0v) is 14.0. The molecule has 0 aliphatic carbocycles. The van der Waals surface area contributed by atoms with Gasteiger partial charge < -0.3 is 24.4 Å². The smallest absolute Gasteiger partial charge is 0.268 e. The summed E-state index contributed by atoms with van der Waals surface area (Å²) in [6.07, 6.45) is 1.57. The molecule has 7 heteroatoms. The second-order valence-corrected chi connectivity index (χ2v) is 5.53. The Labute approximate surface area is 144 Å². The van der Waals surface area contributed by atoms with Gasteiger partial charge in [0.15, 0.2) is 5.58 Å². The number of hydrogen-bond donors (Lipinski definition) is 2. The van der Waals surface area contributed by atoms with Crippen LogP contribution in [0, 0.1) is 0 Å². The molecule has 0 bridgehead atoms. The predicted octanol–water partition coefficient (Wildman–Crippen LogP) is 1.83. The maximum Gasteiger partial charge on any atom is 0.268 e. The largest absolute Gasteiger partial charge is 0.496 e. The summed E-state index contributed by atoms with van der Waals surface area (Å²) in [5.41, 5.74) is 2.76. The van der Waals surface area contributed by atoms with E-state index < -0.39 is 0 Å². The van der Waals surface area contributed by atoms with Crippen LogP contribution in [0.1, 0.15) is 16.1 Å². The van der Waals surface area contributed by atoms with Gasteiger partial charge in [-0.3, -0.25) is 9.59 Å². The Morgan fingerprint density at radius 2 is 2.00 bits per heavy atom. The highest BCUT2D eigenvalue weighted by Gasteiger charge is 2.15. The molecule has 2 amide bonds. The van der Waals surface area contributed by atoms with E-state index in [0.29, 0.717) is 23.6 Å². The van der Waals surface area contributed by atoms with E-state index in [-0.39, 0.29) is 18.4 Å². The fourth-order valence-corrected chi connectivity index (χ4v) is 2.62. The van der Waals surface area contributed by atoms with E-state index >= 15 is 0 Å². The Balaban J connectivity index is 1.54. The summed E-state index contributed by atoms with van der Waals surface area (Å²) in [5, 5.41) is 5.37. The summed E-state index contributed by atoms with van der Waals surface area (Å²) < 4.78 is 12.2. The van der Waals surface area contributed by atoms with Gasteiger partial charge in [0.1, 0.15) is 11.4 Å². The van der Waals surface area contributed by atoms with Crippen molar-refractivity contribution in [2.45, 2.75) is 6.54 Å². The minimum absolute atomic E-state index is 0.111. The predicted molar refractivity (Wildman–Crippen MR) is 92.4 cm³/mol. The number of ether oxygens (including phenoxy) is 1. The molecule has 0 unspecified atom stereocenters. The van der Waals surface area contributed by atoms with Crippen molar-refractivity contribution < 1.29 is 18.7 Å². The molecule has 2 aromatic heterocycles. The molecule has 0 spiro atoms. The molecule has 1 aromatic carbocycles. The molecule has 0 saturated carbocycles. The van der Waals surface area contributed by atoms with Gasteiger partial charge in [0.05, 0.1) is 25.4 Å². The van der Waals surface area contributed by atoms with Gasteiger partial charge in [-0.15, -0.1) is 0 Å². The number of aromatic nitrogens is 1. The number of fused-ring (bicyclic) bond motifs is 1. The standard InChI is InChI=1S/C18H19N3O4/c1-21-13-7-8-25-16(13)9-14(21)18(23)20-11-17(22)19-10-12-5-3-4-6-15(12)24-2/h3-9H,10-11H2,1-2H3,(H,19,22)(H,20,23). The average molecular weight is 341 g/mol. The third kappa shape index (κ3) is 3.50. The van der Waals surface area contributed by atoms with Crippen LogP contribution in [-0.4, -0.2) is 30.0 Å². The number of amides is 2. The number of carbonyl (C=O) groups is 2. The molecule has 3 aromatic rings. The molecule has 0 aliphatic heterocycles. The van der Waals surface area contributed by atoms with Crippen LogP contribution in [0.15, 0.2) is 47.1 Å². The topological polar surface area (TPSA) is 85.5 Å². The van der Waals surface area contributed by atoms with Crippen LogP contribution in [0.5, 0.6) is 5.75 Å². The summed E-state index contributed by atoms with van der Waals surface area (Å²) in [4.78, 5) is 24.2. The van der Waals surface area contributed by atoms with Crippen LogP contribution >= 0.6 is 0 Å². The molecule has 2 N–H and O–H groups in total. The van der Waals surface area contributed by atoms with E-state index in [4.69, 9.17) is 9.15 Å². The fourth-order valence-electron chi connectivity index (χ4n) is 2.62. The highest BCUT2D eigenvalue weighted by molar-refractivity contribution is 5.99. The van der Waals surface area contributed by atoms with Gasteiger partial charge >= 0.3 is 0 Å². The number of aryl methyl sites for hydroxylation is 1. The Hall–Kier alpha value is -3.22. The Morgan fingerprint density at radius 1 is 1.20 bits per heavy atom. The van der Waals surface area contributed by atoms with Gasteiger partial charge in [-0.25, -0.2) is 0 Å². The van der Waals surface area contributed by atoms with Crippen LogP contribution in [-0.2, 0) is 18.4 Å². The lowest BCUT2D eigenvalue weighted by Gasteiger charge is -2.10. The zero-order chi connectivity index (χ0) is 17.8. The van der Waals surface area contributed by atoms with Gasteiger partial charge in [0.2, 0.25) is 5.91 Å². The first-order valence-corrected chi connectivity index (χ1v) is 7.80. The third-order valence-electron chi connectivity index (χ3n) is 3.97. The summed E-state index contributed by atoms with van der Waals surface area (Å²) in [7, 11) is 3.35. The maximum atomic E-state index is 12.2. The minimum atomic E-state index is -0.332. The van der Waals surface area contributed by atoms with E-state index in [1.54, 1.807) is 37.1 Å². The number of nitrogens with zero attached hydrogens (tertiary/aromatic N) is 1. The fraction of sp³-hybridized carbons (Fsp3) is 0.222. The van der Waals surface area contributed by atoms with Crippen molar-refractivity contribution in [1.82, 2.24) is 15.2 Å². The first kappa shape index (κ1) is 16.6. The van der Waals surface area contributed by atoms with Crippen LogP contribution < -0.4 is 15.4 Å². The van der Waals surface area contributed by atoms with Gasteiger partial charge in [0, 0.05) is 31.3 Å². The quantitative estimate of drug-likeness (QED) is 0.716. The summed E-state index contributed by atoms with van der Waals surface area (Å²) in [6.45, 7) is 0.219. The highest BCUT2D eigenvalue weighted by atomic mass is 16.5. The molecule has 0 atom stereocenters. The van der Waals surface area contributed by atoms with Gasteiger partial charge in [-0.05, 0) is 6.07 Å². The SMILES string of the molecule is COc1ccccc1CNC(=O)CNC(=O)c1cc2occc2n1C. The molecular weight excluding hydrogens is 322 g/mol. The molecule has 0 saturated heterocycles. The van der Waals surface area contributed by atoms with Gasteiger partial charge in [0.25, 0.3) is 5.91 Å². The highest BCUT2D eigenvalue weighted by Crippen LogP contribution is 2.19. The van der Waals surface area contributed by atoms with Crippen LogP contribution in [0.25, 0.3) is 11.1 Å². The van der Waals surface area contributed by atoms with Crippen molar-refractivity contribution in [3.63, 3.8) is 0 Å². The summed E-state index contributed by atoms with van der Waals surface area (Å²) >= 11 is 0. The minimum Gasteiger partial charge on any atom is -0.496 e. The molecule has 0 radical (unpaired) electrons. The lowest BCUT2D eigenvalue weighted by molar-refractivity contribution is -0.120. The third-order valence-corrected chi connectivity index (χ3v) is 3.97. The van der Waals surface area contributed by atoms with Crippen LogP contribution in [0.3, 0.4) is 0 Å². The molecule has 0 fully saturated rings. The van der Waals surface area contributed by atoms with E-state index in [0.717, 1.165) is 11.1 Å². The normalized spacial score (nSPS) is 10.6. The van der Waals surface area contributed by atoms with E-state index in [1.807, 2.05) is 24.3 Å². The number of hydrogen-bond acceptors (Lipinski definition) is 4. The summed E-state index contributed by atoms with van der Waals surface area (Å²) in [6, 6.07) is 10.9. The van der Waals surface area contributed by atoms with Gasteiger partial charge in [-0.1, -0.05) is 18.2 Å². The number of furan rings is 1. The molecule has 0 aliphatic rings. The zero-order valence-electron chi connectivity index (χ0n) is 14.0. The Kier molecular flexibility index (Phi) is 4.74. The maximum absolute atomic E-state index is 12.2. The molecule has 3 rings (SSSR count). The van der Waals surface area contributed by atoms with Crippen LogP contribution in [0.4, 0.5) is 0 Å². The van der Waals surface area contributed by atoms with Crippen molar-refractivity contribution in [2.24, 2.45) is 7.05 Å². The molecule has 25 heavy (non-hydrogen) atoms. The van der Waals surface area contributed by atoms with E-state index in [1.165, 1.54) is 0 Å². The number of benzene rings is 1. The number of nitrogens with one attached hydrogen (secondary N) is 2. The molecular formula is C18H19N3O4. The van der Waals surface area contributed by atoms with Crippen molar-refractivity contribution in [2.75, 3.05) is 13.7 Å². The first-order valence-electron chi connectivity index (χ1n) is 7.80. The first-order chi connectivity index (χ1) is 12.1. The van der Waals surface area contributed by atoms with Crippen molar-refractivity contribution >= 4 is 22.9 Å². The van der Waals surface area contributed by atoms with E-state index in [9.17, 15) is 9.59 Å². The lowest BCUT2D eigenvalue weighted by Crippen LogP contribution is -2.37. The van der Waals surface area contributed by atoms with E-state index in [2.05, 4.69) is 10.6 Å². The molecule has 130 valence electrons. The molecule has 7 nitrogen and oxygen atoms in total. The van der Waals surface area contributed by atoms with Gasteiger partial charge in [-0.2, -0.15) is 0 Å². The number of para-hydroxylation sites is 1. The van der Waals surface area contributed by atoms with Crippen molar-refractivity contribution in [1.29, 1.82) is 0 Å². The number of rotatable bonds is 6. The Bertz CT molecular complexity index is 910. The second kappa shape index (κ2) is 7.12. The van der Waals surface area contributed by atoms with Crippen molar-refractivity contribution in [3.05, 3.63) is 53.9 Å². The average Bonchev–Trinajstić information content (AvgIpc) is 3.21. The summed E-state index contributed by atoms with van der Waals surface area (Å²) in [5.74, 6) is 0.0942. The second-order valence-electron chi connectivity index (χ2n) is 5.53. The molecule has 2 heterocycles. The lowest BCUT2D eigenvalue weighted by atomic mass is 10.2. The monoisotopic (exact) mass is 341 g/mol. The van der Waals surface area contributed by atoms with Crippen molar-refractivity contribution in [3.8, 4) is 5.75 Å². The number of methoxy groups -OCH3 is 1.